The molecule has 0 amide bonds. The molecule has 0 heterocycles. The van der Waals surface area contributed by atoms with Gasteiger partial charge in [0.15, 0.2) is 0 Å². The van der Waals surface area contributed by atoms with E-state index in [9.17, 15) is 4.79 Å². The first-order valence-electron chi connectivity index (χ1n) is 4.25. The van der Waals surface area contributed by atoms with E-state index in [1.54, 1.807) is 12.1 Å². The molecule has 0 aromatic heterocycles. The highest BCUT2D eigenvalue weighted by Crippen LogP contribution is 2.16. The van der Waals surface area contributed by atoms with Crippen LogP contribution >= 0.6 is 0 Å². The number of aldehydes is 1. The molecule has 1 aromatic rings. The first-order valence-corrected chi connectivity index (χ1v) is 4.25. The van der Waals surface area contributed by atoms with Crippen LogP contribution in [-0.4, -0.2) is 17.9 Å². The molecule has 0 aliphatic rings. The van der Waals surface area contributed by atoms with Gasteiger partial charge in [-0.25, -0.2) is 0 Å². The Morgan fingerprint density at radius 3 is 2.85 bits per heavy atom. The Labute approximate surface area is 77.2 Å². The van der Waals surface area contributed by atoms with E-state index < -0.39 is 0 Å². The number of rotatable bonds is 4. The molecule has 1 rings (SSSR count). The van der Waals surface area contributed by atoms with E-state index in [1.165, 1.54) is 6.07 Å². The monoisotopic (exact) mass is 179 g/mol. The van der Waals surface area contributed by atoms with Crippen molar-refractivity contribution in [2.45, 2.75) is 12.8 Å². The van der Waals surface area contributed by atoms with Gasteiger partial charge in [-0.05, 0) is 37.1 Å². The minimum absolute atomic E-state index is 0.124. The van der Waals surface area contributed by atoms with Crippen molar-refractivity contribution in [1.82, 2.24) is 0 Å². The lowest BCUT2D eigenvalue weighted by atomic mass is 10.0. The van der Waals surface area contributed by atoms with Gasteiger partial charge in [-0.2, -0.15) is 0 Å². The second-order valence-electron chi connectivity index (χ2n) is 2.89. The maximum absolute atomic E-state index is 10.6. The zero-order valence-electron chi connectivity index (χ0n) is 7.36. The van der Waals surface area contributed by atoms with Gasteiger partial charge in [0.1, 0.15) is 12.0 Å². The molecule has 70 valence electrons. The number of nitrogens with two attached hydrogens (primary N) is 1. The molecule has 0 unspecified atom stereocenters. The fraction of sp³-hybridized carbons (Fsp3) is 0.300. The van der Waals surface area contributed by atoms with Crippen LogP contribution in [0.1, 0.15) is 22.3 Å². The van der Waals surface area contributed by atoms with Crippen molar-refractivity contribution in [2.24, 2.45) is 5.73 Å². The lowest BCUT2D eigenvalue weighted by Crippen LogP contribution is -2.02. The summed E-state index contributed by atoms with van der Waals surface area (Å²) in [6.07, 6.45) is 2.39. The number of carbonyl (C=O) groups excluding carboxylic acids is 1. The Morgan fingerprint density at radius 2 is 2.23 bits per heavy atom. The van der Waals surface area contributed by atoms with Crippen LogP contribution in [0.5, 0.6) is 5.75 Å². The number of aryl methyl sites for hydroxylation is 1. The van der Waals surface area contributed by atoms with Crippen molar-refractivity contribution in [2.75, 3.05) is 6.54 Å². The van der Waals surface area contributed by atoms with Crippen molar-refractivity contribution in [3.63, 3.8) is 0 Å². The van der Waals surface area contributed by atoms with Gasteiger partial charge in [0.25, 0.3) is 0 Å². The zero-order valence-corrected chi connectivity index (χ0v) is 7.36. The number of aromatic hydroxyl groups is 1. The molecule has 0 aliphatic heterocycles. The predicted molar refractivity (Wildman–Crippen MR) is 50.9 cm³/mol. The molecular weight excluding hydrogens is 166 g/mol. The van der Waals surface area contributed by atoms with Crippen molar-refractivity contribution in [3.8, 4) is 5.75 Å². The lowest BCUT2D eigenvalue weighted by molar-refractivity contribution is 0.112. The van der Waals surface area contributed by atoms with Gasteiger partial charge < -0.3 is 10.8 Å². The molecule has 0 radical (unpaired) electrons. The zero-order chi connectivity index (χ0) is 9.68. The van der Waals surface area contributed by atoms with Crippen LogP contribution in [0, 0.1) is 0 Å². The summed E-state index contributed by atoms with van der Waals surface area (Å²) < 4.78 is 0. The summed E-state index contributed by atoms with van der Waals surface area (Å²) >= 11 is 0. The predicted octanol–water partition coefficient (Wildman–Crippen LogP) is 1.10. The van der Waals surface area contributed by atoms with E-state index in [2.05, 4.69) is 0 Å². The lowest BCUT2D eigenvalue weighted by Gasteiger charge is -2.03. The normalized spacial score (nSPS) is 9.92. The molecule has 0 saturated carbocycles. The summed E-state index contributed by atoms with van der Waals surface area (Å²) in [7, 11) is 0. The molecule has 0 fully saturated rings. The van der Waals surface area contributed by atoms with Crippen LogP contribution in [0.15, 0.2) is 18.2 Å². The maximum atomic E-state index is 10.6. The Bertz CT molecular complexity index is 297. The number of hydrogen-bond acceptors (Lipinski definition) is 3. The van der Waals surface area contributed by atoms with Gasteiger partial charge >= 0.3 is 0 Å². The molecule has 0 spiro atoms. The van der Waals surface area contributed by atoms with E-state index in [0.717, 1.165) is 24.7 Å². The molecule has 3 nitrogen and oxygen atoms in total. The highest BCUT2D eigenvalue weighted by atomic mass is 16.3. The molecule has 3 N–H and O–H groups in total. The fourth-order valence-corrected chi connectivity index (χ4v) is 1.21. The summed E-state index contributed by atoms with van der Waals surface area (Å²) in [4.78, 5) is 10.6. The largest absolute Gasteiger partial charge is 0.508 e. The number of phenols is 1. The van der Waals surface area contributed by atoms with Crippen LogP contribution in [-0.2, 0) is 6.42 Å². The first kappa shape index (κ1) is 9.74. The second kappa shape index (κ2) is 4.62. The highest BCUT2D eigenvalue weighted by Gasteiger charge is 2.01. The quantitative estimate of drug-likeness (QED) is 0.680. The van der Waals surface area contributed by atoms with E-state index in [1.807, 2.05) is 0 Å². The van der Waals surface area contributed by atoms with Gasteiger partial charge in [0.05, 0.1) is 0 Å². The Morgan fingerprint density at radius 1 is 1.46 bits per heavy atom. The van der Waals surface area contributed by atoms with Gasteiger partial charge in [-0.1, -0.05) is 6.07 Å². The van der Waals surface area contributed by atoms with Crippen molar-refractivity contribution >= 4 is 6.29 Å². The molecule has 1 aromatic carbocycles. The standard InChI is InChI=1S/C10H13NO2/c11-5-1-2-8-3-4-10(13)6-9(8)7-12/h3-4,6-7,13H,1-2,5,11H2. The van der Waals surface area contributed by atoms with Gasteiger partial charge in [-0.15, -0.1) is 0 Å². The molecular formula is C10H13NO2. The third-order valence-electron chi connectivity index (χ3n) is 1.91. The summed E-state index contributed by atoms with van der Waals surface area (Å²) in [6, 6.07) is 4.81. The number of carbonyl (C=O) groups is 1. The number of benzene rings is 1. The topological polar surface area (TPSA) is 63.3 Å². The van der Waals surface area contributed by atoms with Gasteiger partial charge in [0, 0.05) is 5.56 Å². The minimum Gasteiger partial charge on any atom is -0.508 e. The van der Waals surface area contributed by atoms with Crippen LogP contribution in [0.4, 0.5) is 0 Å². The van der Waals surface area contributed by atoms with Crippen molar-refractivity contribution in [1.29, 1.82) is 0 Å². The van der Waals surface area contributed by atoms with Crippen LogP contribution < -0.4 is 5.73 Å². The van der Waals surface area contributed by atoms with Crippen molar-refractivity contribution in [3.05, 3.63) is 29.3 Å². The molecule has 0 atom stereocenters. The van der Waals surface area contributed by atoms with Gasteiger partial charge in [-0.3, -0.25) is 4.79 Å². The first-order chi connectivity index (χ1) is 6.27. The SMILES string of the molecule is NCCCc1ccc(O)cc1C=O. The van der Waals surface area contributed by atoms with E-state index in [4.69, 9.17) is 10.8 Å². The summed E-state index contributed by atoms with van der Waals surface area (Å²) in [5, 5.41) is 9.11. The summed E-state index contributed by atoms with van der Waals surface area (Å²) in [5.74, 6) is 0.124. The highest BCUT2D eigenvalue weighted by molar-refractivity contribution is 5.78. The molecule has 0 saturated heterocycles. The van der Waals surface area contributed by atoms with Crippen LogP contribution in [0.25, 0.3) is 0 Å². The molecule has 13 heavy (non-hydrogen) atoms. The average Bonchev–Trinajstić information content (AvgIpc) is 2.16. The average molecular weight is 179 g/mol. The minimum atomic E-state index is 0.124. The summed E-state index contributed by atoms with van der Waals surface area (Å²) in [6.45, 7) is 0.610. The third kappa shape index (κ3) is 2.56. The molecule has 0 bridgehead atoms. The summed E-state index contributed by atoms with van der Waals surface area (Å²) in [5.41, 5.74) is 6.85. The maximum Gasteiger partial charge on any atom is 0.150 e. The Balaban J connectivity index is 2.86. The van der Waals surface area contributed by atoms with Crippen LogP contribution in [0.3, 0.4) is 0 Å². The molecule has 3 heteroatoms. The van der Waals surface area contributed by atoms with E-state index in [0.29, 0.717) is 12.1 Å². The van der Waals surface area contributed by atoms with E-state index >= 15 is 0 Å². The van der Waals surface area contributed by atoms with E-state index in [-0.39, 0.29) is 5.75 Å². The fourth-order valence-electron chi connectivity index (χ4n) is 1.21. The van der Waals surface area contributed by atoms with Crippen molar-refractivity contribution < 1.29 is 9.90 Å². The third-order valence-corrected chi connectivity index (χ3v) is 1.91. The van der Waals surface area contributed by atoms with Crippen LogP contribution in [0.2, 0.25) is 0 Å². The number of phenolic OH excluding ortho intramolecular Hbond substituents is 1. The smallest absolute Gasteiger partial charge is 0.150 e. The second-order valence-corrected chi connectivity index (χ2v) is 2.89. The Hall–Kier alpha value is -1.35. The van der Waals surface area contributed by atoms with Gasteiger partial charge in [0.2, 0.25) is 0 Å². The molecule has 0 aliphatic carbocycles. The Kier molecular flexibility index (Phi) is 3.46. The number of hydrogen-bond donors (Lipinski definition) is 2.